The van der Waals surface area contributed by atoms with E-state index in [2.05, 4.69) is 26.7 Å². The number of aromatic nitrogens is 4. The molecule has 0 saturated carbocycles. The van der Waals surface area contributed by atoms with E-state index in [-0.39, 0.29) is 0 Å². The summed E-state index contributed by atoms with van der Waals surface area (Å²) in [6, 6.07) is 12.0. The molecule has 0 aliphatic heterocycles. The zero-order valence-electron chi connectivity index (χ0n) is 13.2. The van der Waals surface area contributed by atoms with Gasteiger partial charge >= 0.3 is 6.01 Å². The lowest BCUT2D eigenvalue weighted by Crippen LogP contribution is -2.04. The van der Waals surface area contributed by atoms with Crippen molar-refractivity contribution in [1.29, 1.82) is 5.26 Å². The second kappa shape index (κ2) is 6.83. The maximum absolute atomic E-state index is 9.36. The van der Waals surface area contributed by atoms with Crippen molar-refractivity contribution in [2.24, 2.45) is 0 Å². The topological polar surface area (TPSA) is 119 Å². The van der Waals surface area contributed by atoms with Gasteiger partial charge in [-0.1, -0.05) is 23.3 Å². The van der Waals surface area contributed by atoms with Gasteiger partial charge in [0.2, 0.25) is 5.89 Å². The summed E-state index contributed by atoms with van der Waals surface area (Å²) in [6.45, 7) is 2.36. The maximum Gasteiger partial charge on any atom is 0.315 e. The zero-order valence-corrected chi connectivity index (χ0v) is 13.2. The lowest BCUT2D eigenvalue weighted by molar-refractivity contribution is 0.530. The van der Waals surface area contributed by atoms with Gasteiger partial charge in [0.05, 0.1) is 11.4 Å². The summed E-state index contributed by atoms with van der Waals surface area (Å²) in [5.74, 6) is 0.873. The van der Waals surface area contributed by atoms with E-state index in [0.717, 1.165) is 12.1 Å². The lowest BCUT2D eigenvalue weighted by atomic mass is 10.1. The van der Waals surface area contributed by atoms with E-state index in [1.54, 1.807) is 11.6 Å². The molecule has 122 valence electrons. The Kier molecular flexibility index (Phi) is 4.43. The molecule has 8 nitrogen and oxygen atoms in total. The number of rotatable bonds is 6. The van der Waals surface area contributed by atoms with E-state index in [4.69, 9.17) is 10.2 Å². The molecule has 3 N–H and O–H groups in total. The fourth-order valence-electron chi connectivity index (χ4n) is 2.36. The van der Waals surface area contributed by atoms with Crippen molar-refractivity contribution in [1.82, 2.24) is 20.0 Å². The Morgan fingerprint density at radius 1 is 1.29 bits per heavy atom. The third-order valence-electron chi connectivity index (χ3n) is 3.50. The molecule has 0 amide bonds. The van der Waals surface area contributed by atoms with Crippen LogP contribution in [0.1, 0.15) is 23.6 Å². The van der Waals surface area contributed by atoms with Crippen molar-refractivity contribution in [2.45, 2.75) is 19.8 Å². The Hall–Kier alpha value is -3.34. The van der Waals surface area contributed by atoms with E-state index in [0.29, 0.717) is 41.9 Å². The van der Waals surface area contributed by atoms with Crippen molar-refractivity contribution in [3.8, 4) is 11.8 Å². The van der Waals surface area contributed by atoms with Gasteiger partial charge in [0, 0.05) is 13.5 Å². The van der Waals surface area contributed by atoms with Crippen LogP contribution in [0.15, 0.2) is 34.7 Å². The molecule has 0 spiro atoms. The number of nitrogens with two attached hydrogens (primary N) is 1. The summed E-state index contributed by atoms with van der Waals surface area (Å²) in [5, 5.41) is 24.5. The Balaban J connectivity index is 1.68. The summed E-state index contributed by atoms with van der Waals surface area (Å²) in [4.78, 5) is 0. The van der Waals surface area contributed by atoms with Crippen molar-refractivity contribution in [3.63, 3.8) is 0 Å². The summed E-state index contributed by atoms with van der Waals surface area (Å²) < 4.78 is 6.84. The minimum absolute atomic E-state index is 0.360. The first-order chi connectivity index (χ1) is 11.7. The van der Waals surface area contributed by atoms with Crippen LogP contribution in [0.5, 0.6) is 0 Å². The highest BCUT2D eigenvalue weighted by atomic mass is 16.4. The first-order valence-electron chi connectivity index (χ1n) is 7.56. The molecule has 0 radical (unpaired) electrons. The fraction of sp³-hybridized carbons (Fsp3) is 0.250. The minimum Gasteiger partial charge on any atom is -0.408 e. The van der Waals surface area contributed by atoms with Gasteiger partial charge in [-0.25, -0.2) is 4.68 Å². The molecule has 2 heterocycles. The molecular formula is C16H17N7O. The molecule has 0 aliphatic rings. The number of nitrogens with zero attached hydrogens (tertiary/aromatic N) is 5. The second-order valence-corrected chi connectivity index (χ2v) is 5.22. The van der Waals surface area contributed by atoms with Gasteiger partial charge in [-0.3, -0.25) is 0 Å². The van der Waals surface area contributed by atoms with E-state index in [1.165, 1.54) is 0 Å². The van der Waals surface area contributed by atoms with Gasteiger partial charge in [-0.2, -0.15) is 10.4 Å². The van der Waals surface area contributed by atoms with Crippen LogP contribution in [0.3, 0.4) is 0 Å². The minimum atomic E-state index is 0.360. The van der Waals surface area contributed by atoms with E-state index in [1.807, 2.05) is 30.3 Å². The van der Waals surface area contributed by atoms with Gasteiger partial charge in [-0.05, 0) is 25.0 Å². The molecule has 2 aromatic heterocycles. The molecule has 0 aliphatic carbocycles. The molecule has 0 saturated heterocycles. The predicted octanol–water partition coefficient (Wildman–Crippen LogP) is 2.06. The third-order valence-corrected chi connectivity index (χ3v) is 3.50. The first-order valence-corrected chi connectivity index (χ1v) is 7.56. The Morgan fingerprint density at radius 3 is 2.75 bits per heavy atom. The number of benzene rings is 1. The first kappa shape index (κ1) is 15.6. The van der Waals surface area contributed by atoms with Crippen molar-refractivity contribution >= 4 is 11.8 Å². The number of nitriles is 1. The lowest BCUT2D eigenvalue weighted by Gasteiger charge is -2.02. The van der Waals surface area contributed by atoms with Crippen LogP contribution in [0, 0.1) is 18.3 Å². The maximum atomic E-state index is 9.36. The van der Waals surface area contributed by atoms with E-state index >= 15 is 0 Å². The molecule has 0 atom stereocenters. The van der Waals surface area contributed by atoms with Crippen LogP contribution in [-0.4, -0.2) is 26.5 Å². The monoisotopic (exact) mass is 323 g/mol. The molecule has 0 fully saturated rings. The van der Waals surface area contributed by atoms with Crippen molar-refractivity contribution < 1.29 is 4.42 Å². The fourth-order valence-corrected chi connectivity index (χ4v) is 2.36. The average Bonchev–Trinajstić information content (AvgIpc) is 3.15. The number of anilines is 2. The van der Waals surface area contributed by atoms with E-state index < -0.39 is 0 Å². The molecule has 3 aromatic rings. The molecule has 24 heavy (non-hydrogen) atoms. The van der Waals surface area contributed by atoms with Gasteiger partial charge in [-0.15, -0.1) is 5.10 Å². The standard InChI is InChI=1S/C16H17N7O/c1-11-20-21-16(24-11)19-9-5-8-14-13(10-17)15(18)23(22-14)12-6-3-2-4-7-12/h2-4,6-7H,5,8-9,18H2,1H3,(H,19,21). The summed E-state index contributed by atoms with van der Waals surface area (Å²) >= 11 is 0. The van der Waals surface area contributed by atoms with E-state index in [9.17, 15) is 5.26 Å². The number of aryl methyl sites for hydroxylation is 2. The van der Waals surface area contributed by atoms with Crippen LogP contribution in [0.25, 0.3) is 5.69 Å². The van der Waals surface area contributed by atoms with Crippen LogP contribution < -0.4 is 11.1 Å². The number of para-hydroxylation sites is 1. The zero-order chi connectivity index (χ0) is 16.9. The second-order valence-electron chi connectivity index (χ2n) is 5.22. The third kappa shape index (κ3) is 3.20. The number of nitrogens with one attached hydrogen (secondary N) is 1. The van der Waals surface area contributed by atoms with Crippen LogP contribution in [0.2, 0.25) is 0 Å². The molecule has 1 aromatic carbocycles. The summed E-state index contributed by atoms with van der Waals surface area (Å²) in [6.07, 6.45) is 1.37. The quantitative estimate of drug-likeness (QED) is 0.666. The van der Waals surface area contributed by atoms with Gasteiger partial charge in [0.15, 0.2) is 0 Å². The highest BCUT2D eigenvalue weighted by molar-refractivity contribution is 5.56. The Morgan fingerprint density at radius 2 is 2.08 bits per heavy atom. The molecule has 3 rings (SSSR count). The molecule has 0 bridgehead atoms. The molecular weight excluding hydrogens is 306 g/mol. The highest BCUT2D eigenvalue weighted by Gasteiger charge is 2.16. The Bertz CT molecular complexity index is 860. The number of hydrogen-bond donors (Lipinski definition) is 2. The number of nitrogen functional groups attached to an aromatic ring is 1. The normalized spacial score (nSPS) is 10.5. The SMILES string of the molecule is Cc1nnc(NCCCc2nn(-c3ccccc3)c(N)c2C#N)o1. The van der Waals surface area contributed by atoms with Crippen LogP contribution in [0.4, 0.5) is 11.8 Å². The molecule has 0 unspecified atom stereocenters. The predicted molar refractivity (Wildman–Crippen MR) is 88.5 cm³/mol. The van der Waals surface area contributed by atoms with Gasteiger partial charge < -0.3 is 15.5 Å². The van der Waals surface area contributed by atoms with Crippen molar-refractivity contribution in [2.75, 3.05) is 17.6 Å². The Labute approximate surface area is 138 Å². The number of hydrogen-bond acceptors (Lipinski definition) is 7. The molecule has 8 heteroatoms. The summed E-state index contributed by atoms with van der Waals surface area (Å²) in [5.41, 5.74) is 8.01. The van der Waals surface area contributed by atoms with Crippen LogP contribution >= 0.6 is 0 Å². The average molecular weight is 323 g/mol. The van der Waals surface area contributed by atoms with Crippen LogP contribution in [-0.2, 0) is 6.42 Å². The van der Waals surface area contributed by atoms with Gasteiger partial charge in [0.25, 0.3) is 0 Å². The largest absolute Gasteiger partial charge is 0.408 e. The highest BCUT2D eigenvalue weighted by Crippen LogP contribution is 2.21. The van der Waals surface area contributed by atoms with Gasteiger partial charge in [0.1, 0.15) is 17.5 Å². The summed E-state index contributed by atoms with van der Waals surface area (Å²) in [7, 11) is 0. The smallest absolute Gasteiger partial charge is 0.315 e. The van der Waals surface area contributed by atoms with Crippen molar-refractivity contribution in [3.05, 3.63) is 47.5 Å².